The van der Waals surface area contributed by atoms with E-state index in [0.717, 1.165) is 28.2 Å². The second-order valence-electron chi connectivity index (χ2n) is 4.28. The van der Waals surface area contributed by atoms with Crippen LogP contribution in [0.25, 0.3) is 11.4 Å². The number of aryl methyl sites for hydroxylation is 1. The van der Waals surface area contributed by atoms with Crippen LogP contribution in [0.2, 0.25) is 0 Å². The third-order valence-corrected chi connectivity index (χ3v) is 4.14. The van der Waals surface area contributed by atoms with Gasteiger partial charge >= 0.3 is 0 Å². The van der Waals surface area contributed by atoms with Crippen molar-refractivity contribution in [3.8, 4) is 17.1 Å². The monoisotopic (exact) mass is 324 g/mol. The molecular weight excluding hydrogens is 308 g/mol. The van der Waals surface area contributed by atoms with E-state index >= 15 is 0 Å². The Hall–Kier alpha value is -1.33. The average molecular weight is 325 g/mol. The van der Waals surface area contributed by atoms with Crippen molar-refractivity contribution in [3.63, 3.8) is 0 Å². The minimum absolute atomic E-state index is 0.0930. The van der Waals surface area contributed by atoms with Gasteiger partial charge in [0.25, 0.3) is 0 Å². The third-order valence-electron chi connectivity index (χ3n) is 3.15. The van der Waals surface area contributed by atoms with Gasteiger partial charge < -0.3 is 14.4 Å². The number of benzene rings is 1. The number of nitrogens with zero attached hydrogens (tertiary/aromatic N) is 2. The van der Waals surface area contributed by atoms with Crippen molar-refractivity contribution in [2.24, 2.45) is 7.05 Å². The van der Waals surface area contributed by atoms with Crippen LogP contribution >= 0.6 is 15.9 Å². The Morgan fingerprint density at radius 1 is 1.42 bits per heavy atom. The highest BCUT2D eigenvalue weighted by molar-refractivity contribution is 9.10. The van der Waals surface area contributed by atoms with Crippen molar-refractivity contribution in [1.82, 2.24) is 9.55 Å². The second-order valence-corrected chi connectivity index (χ2v) is 5.03. The molecule has 0 spiro atoms. The molecule has 0 radical (unpaired) electrons. The first-order valence-corrected chi connectivity index (χ1v) is 6.90. The second kappa shape index (κ2) is 5.75. The molecule has 0 bridgehead atoms. The summed E-state index contributed by atoms with van der Waals surface area (Å²) in [6.07, 6.45) is 0.954. The number of aromatic nitrogens is 2. The summed E-state index contributed by atoms with van der Waals surface area (Å²) in [5, 5.41) is 9.29. The average Bonchev–Trinajstić information content (AvgIpc) is 2.74. The Balaban J connectivity index is 2.63. The summed E-state index contributed by atoms with van der Waals surface area (Å²) >= 11 is 3.44. The van der Waals surface area contributed by atoms with Gasteiger partial charge in [-0.2, -0.15) is 0 Å². The normalized spacial score (nSPS) is 10.8. The minimum Gasteiger partial charge on any atom is -0.496 e. The maximum absolute atomic E-state index is 9.29. The molecule has 0 aliphatic carbocycles. The van der Waals surface area contributed by atoms with E-state index in [1.54, 1.807) is 7.11 Å². The van der Waals surface area contributed by atoms with Crippen molar-refractivity contribution in [1.29, 1.82) is 0 Å². The molecular formula is C14H17BrN2O2. The zero-order chi connectivity index (χ0) is 14.0. The summed E-state index contributed by atoms with van der Waals surface area (Å²) in [6.45, 7) is 2.02. The number of aliphatic hydroxyl groups excluding tert-OH is 1. The Bertz CT molecular complexity index is 593. The maximum Gasteiger partial charge on any atom is 0.144 e. The van der Waals surface area contributed by atoms with Gasteiger partial charge in [0.15, 0.2) is 0 Å². The highest BCUT2D eigenvalue weighted by Gasteiger charge is 2.16. The zero-order valence-corrected chi connectivity index (χ0v) is 12.9. The topological polar surface area (TPSA) is 47.3 Å². The van der Waals surface area contributed by atoms with E-state index in [2.05, 4.69) is 33.9 Å². The molecule has 0 saturated heterocycles. The molecule has 0 saturated carbocycles. The largest absolute Gasteiger partial charge is 0.496 e. The third kappa shape index (κ3) is 2.53. The fourth-order valence-electron chi connectivity index (χ4n) is 2.03. The number of aliphatic hydroxyl groups is 1. The number of rotatable bonds is 4. The van der Waals surface area contributed by atoms with Gasteiger partial charge in [0, 0.05) is 7.05 Å². The molecule has 1 heterocycles. The summed E-state index contributed by atoms with van der Waals surface area (Å²) in [5.74, 6) is 1.56. The molecule has 1 N–H and O–H groups in total. The summed E-state index contributed by atoms with van der Waals surface area (Å²) in [6, 6.07) is 6.08. The Morgan fingerprint density at radius 3 is 2.68 bits per heavy atom. The Labute approximate surface area is 121 Å². The molecule has 0 fully saturated rings. The molecule has 0 aliphatic heterocycles. The van der Waals surface area contributed by atoms with E-state index in [1.165, 1.54) is 5.56 Å². The van der Waals surface area contributed by atoms with Gasteiger partial charge in [-0.25, -0.2) is 4.98 Å². The lowest BCUT2D eigenvalue weighted by Crippen LogP contribution is -1.97. The van der Waals surface area contributed by atoms with Crippen LogP contribution in [0.3, 0.4) is 0 Å². The molecule has 1 aromatic carbocycles. The predicted molar refractivity (Wildman–Crippen MR) is 78.2 cm³/mol. The maximum atomic E-state index is 9.29. The van der Waals surface area contributed by atoms with E-state index in [4.69, 9.17) is 4.74 Å². The zero-order valence-electron chi connectivity index (χ0n) is 11.3. The highest BCUT2D eigenvalue weighted by atomic mass is 79.9. The van der Waals surface area contributed by atoms with E-state index < -0.39 is 0 Å². The van der Waals surface area contributed by atoms with Gasteiger partial charge in [0.05, 0.1) is 25.0 Å². The smallest absolute Gasteiger partial charge is 0.144 e. The van der Waals surface area contributed by atoms with Crippen LogP contribution in [0.4, 0.5) is 0 Å². The summed E-state index contributed by atoms with van der Waals surface area (Å²) < 4.78 is 8.10. The summed E-state index contributed by atoms with van der Waals surface area (Å²) in [5.41, 5.74) is 2.78. The van der Waals surface area contributed by atoms with Crippen molar-refractivity contribution in [2.75, 3.05) is 7.11 Å². The van der Waals surface area contributed by atoms with Crippen LogP contribution in [0.5, 0.6) is 5.75 Å². The lowest BCUT2D eigenvalue weighted by atomic mass is 10.1. The lowest BCUT2D eigenvalue weighted by Gasteiger charge is -2.10. The van der Waals surface area contributed by atoms with E-state index in [-0.39, 0.29) is 6.61 Å². The van der Waals surface area contributed by atoms with Gasteiger partial charge in [-0.1, -0.05) is 13.0 Å². The summed E-state index contributed by atoms with van der Waals surface area (Å²) in [4.78, 5) is 4.47. The molecule has 0 atom stereocenters. The first-order valence-electron chi connectivity index (χ1n) is 6.11. The molecule has 19 heavy (non-hydrogen) atoms. The fraction of sp³-hybridized carbons (Fsp3) is 0.357. The predicted octanol–water partition coefficient (Wildman–Crippen LogP) is 2.91. The van der Waals surface area contributed by atoms with Crippen molar-refractivity contribution in [2.45, 2.75) is 20.0 Å². The lowest BCUT2D eigenvalue weighted by molar-refractivity contribution is 0.276. The van der Waals surface area contributed by atoms with Crippen molar-refractivity contribution < 1.29 is 9.84 Å². The molecule has 0 aliphatic rings. The fourth-order valence-corrected chi connectivity index (χ4v) is 2.41. The number of hydrogen-bond donors (Lipinski definition) is 1. The van der Waals surface area contributed by atoms with Crippen LogP contribution in [0.15, 0.2) is 22.8 Å². The highest BCUT2D eigenvalue weighted by Crippen LogP contribution is 2.33. The van der Waals surface area contributed by atoms with E-state index in [0.29, 0.717) is 5.69 Å². The number of ether oxygens (including phenoxy) is 1. The van der Waals surface area contributed by atoms with Crippen LogP contribution < -0.4 is 4.74 Å². The molecule has 102 valence electrons. The summed E-state index contributed by atoms with van der Waals surface area (Å²) in [7, 11) is 3.55. The van der Waals surface area contributed by atoms with Gasteiger partial charge in [-0.05, 0) is 40.0 Å². The SMILES string of the molecule is CCc1ccc(OC)c(-c2nc(CO)c(Br)n2C)c1. The molecule has 0 unspecified atom stereocenters. The van der Waals surface area contributed by atoms with Crippen molar-refractivity contribution >= 4 is 15.9 Å². The molecule has 2 rings (SSSR count). The molecule has 4 nitrogen and oxygen atoms in total. The van der Waals surface area contributed by atoms with Crippen LogP contribution in [0.1, 0.15) is 18.2 Å². The standard InChI is InChI=1S/C14H17BrN2O2/c1-4-9-5-6-12(19-3)10(7-9)14-16-11(8-18)13(15)17(14)2/h5-7,18H,4,8H2,1-3H3. The van der Waals surface area contributed by atoms with Crippen molar-refractivity contribution in [3.05, 3.63) is 34.1 Å². The first-order chi connectivity index (χ1) is 9.12. The van der Waals surface area contributed by atoms with Crippen LogP contribution in [-0.2, 0) is 20.1 Å². The number of imidazole rings is 1. The quantitative estimate of drug-likeness (QED) is 0.940. The number of halogens is 1. The van der Waals surface area contributed by atoms with Gasteiger partial charge in [-0.3, -0.25) is 0 Å². The molecule has 0 amide bonds. The Morgan fingerprint density at radius 2 is 2.16 bits per heavy atom. The Kier molecular flexibility index (Phi) is 4.27. The van der Waals surface area contributed by atoms with Gasteiger partial charge in [0.2, 0.25) is 0 Å². The molecule has 2 aromatic rings. The first kappa shape index (κ1) is 14.1. The van der Waals surface area contributed by atoms with Crippen LogP contribution in [0, 0.1) is 0 Å². The van der Waals surface area contributed by atoms with Crippen LogP contribution in [-0.4, -0.2) is 21.8 Å². The number of hydrogen-bond acceptors (Lipinski definition) is 3. The molecule has 5 heteroatoms. The van der Waals surface area contributed by atoms with Gasteiger partial charge in [-0.15, -0.1) is 0 Å². The molecule has 1 aromatic heterocycles. The van der Waals surface area contributed by atoms with Gasteiger partial charge in [0.1, 0.15) is 16.2 Å². The van der Waals surface area contributed by atoms with E-state index in [1.807, 2.05) is 23.7 Å². The number of methoxy groups -OCH3 is 1. The minimum atomic E-state index is -0.0930. The van der Waals surface area contributed by atoms with E-state index in [9.17, 15) is 5.11 Å².